The van der Waals surface area contributed by atoms with Gasteiger partial charge >= 0.3 is 11.8 Å². The van der Waals surface area contributed by atoms with E-state index in [9.17, 15) is 33.3 Å². The Labute approximate surface area is 149 Å². The van der Waals surface area contributed by atoms with E-state index in [1.165, 1.54) is 6.07 Å². The Hall–Kier alpha value is -2.18. The first kappa shape index (κ1) is 19.6. The molecule has 27 heavy (non-hydrogen) atoms. The fourth-order valence-electron chi connectivity index (χ4n) is 2.93. The minimum absolute atomic E-state index is 0.103. The van der Waals surface area contributed by atoms with Crippen LogP contribution in [0.3, 0.4) is 0 Å². The van der Waals surface area contributed by atoms with Gasteiger partial charge in [-0.05, 0) is 12.1 Å². The highest BCUT2D eigenvalue weighted by molar-refractivity contribution is 5.84. The average molecular weight is 390 g/mol. The molecule has 0 saturated carbocycles. The highest BCUT2D eigenvalue weighted by Crippen LogP contribution is 2.35. The van der Waals surface area contributed by atoms with Crippen LogP contribution < -0.4 is 10.9 Å². The van der Waals surface area contributed by atoms with Crippen molar-refractivity contribution in [3.8, 4) is 0 Å². The Morgan fingerprint density at radius 1 is 1.11 bits per heavy atom. The number of nitrogens with one attached hydrogen (secondary N) is 1. The summed E-state index contributed by atoms with van der Waals surface area (Å²) in [5, 5.41) is 41.2. The SMILES string of the molecule is O=c1cc(C(F)(F)[18F])c2ccc(N[C@H]3C(O)[C@H](O)C(CO)O[C@H]3O)cc2o1. The van der Waals surface area contributed by atoms with E-state index < -0.39 is 54.6 Å². The third-order valence-corrected chi connectivity index (χ3v) is 4.28. The summed E-state index contributed by atoms with van der Waals surface area (Å²) in [7, 11) is 0. The summed E-state index contributed by atoms with van der Waals surface area (Å²) in [6.07, 6.45) is -10.6. The summed E-state index contributed by atoms with van der Waals surface area (Å²) >= 11 is 0. The lowest BCUT2D eigenvalue weighted by molar-refractivity contribution is -0.245. The molecule has 5 atom stereocenters. The molecule has 1 aliphatic rings. The second-order valence-corrected chi connectivity index (χ2v) is 6.09. The number of fused-ring (bicyclic) bond motifs is 1. The van der Waals surface area contributed by atoms with Gasteiger partial charge in [0, 0.05) is 23.2 Å². The maximum Gasteiger partial charge on any atom is 0.417 e. The first-order valence-electron chi connectivity index (χ1n) is 7.84. The summed E-state index contributed by atoms with van der Waals surface area (Å²) in [5.41, 5.74) is -2.59. The molecule has 11 heteroatoms. The van der Waals surface area contributed by atoms with Crippen molar-refractivity contribution in [2.45, 2.75) is 36.8 Å². The number of alkyl halides is 3. The highest BCUT2D eigenvalue weighted by atomic mass is 19.3. The zero-order valence-electron chi connectivity index (χ0n) is 13.6. The van der Waals surface area contributed by atoms with Gasteiger partial charge in [0.2, 0.25) is 0 Å². The van der Waals surface area contributed by atoms with Crippen LogP contribution in [-0.2, 0) is 10.9 Å². The van der Waals surface area contributed by atoms with Crippen LogP contribution >= 0.6 is 0 Å². The normalized spacial score (nSPS) is 29.1. The molecule has 8 nitrogen and oxygen atoms in total. The van der Waals surface area contributed by atoms with E-state index in [1.54, 1.807) is 0 Å². The van der Waals surface area contributed by atoms with Crippen LogP contribution in [0.5, 0.6) is 0 Å². The summed E-state index contributed by atoms with van der Waals surface area (Å²) in [4.78, 5) is 11.4. The number of benzene rings is 1. The summed E-state index contributed by atoms with van der Waals surface area (Å²) in [6.45, 7) is -0.636. The zero-order valence-corrected chi connectivity index (χ0v) is 13.6. The first-order chi connectivity index (χ1) is 12.6. The fourth-order valence-corrected chi connectivity index (χ4v) is 2.93. The number of anilines is 1. The molecule has 0 spiro atoms. The van der Waals surface area contributed by atoms with Crippen LogP contribution in [0.1, 0.15) is 5.56 Å². The third-order valence-electron chi connectivity index (χ3n) is 4.28. The Balaban J connectivity index is 1.93. The predicted octanol–water partition coefficient (Wildman–Crippen LogP) is 0.0236. The zero-order chi connectivity index (χ0) is 19.9. The van der Waals surface area contributed by atoms with Crippen LogP contribution in [0, 0.1) is 0 Å². The quantitative estimate of drug-likeness (QED) is 0.464. The van der Waals surface area contributed by atoms with E-state index in [1.807, 2.05) is 0 Å². The molecule has 0 radical (unpaired) electrons. The van der Waals surface area contributed by atoms with Gasteiger partial charge in [0.15, 0.2) is 6.29 Å². The van der Waals surface area contributed by atoms with Gasteiger partial charge in [0.25, 0.3) is 0 Å². The summed E-state index contributed by atoms with van der Waals surface area (Å²) in [5.74, 6) is 0. The Morgan fingerprint density at radius 2 is 1.81 bits per heavy atom. The van der Waals surface area contributed by atoms with Crippen LogP contribution in [0.15, 0.2) is 33.5 Å². The molecule has 1 aliphatic heterocycles. The molecule has 148 valence electrons. The Morgan fingerprint density at radius 3 is 2.44 bits per heavy atom. The van der Waals surface area contributed by atoms with Gasteiger partial charge in [-0.3, -0.25) is 0 Å². The van der Waals surface area contributed by atoms with E-state index in [2.05, 4.69) is 5.32 Å². The van der Waals surface area contributed by atoms with Crippen LogP contribution in [-0.4, -0.2) is 57.7 Å². The van der Waals surface area contributed by atoms with Gasteiger partial charge in [-0.25, -0.2) is 4.79 Å². The van der Waals surface area contributed by atoms with Gasteiger partial charge < -0.3 is 34.9 Å². The molecular formula is C16H16F3NO7. The second-order valence-electron chi connectivity index (χ2n) is 6.09. The highest BCUT2D eigenvalue weighted by Gasteiger charge is 2.43. The second kappa shape index (κ2) is 7.09. The smallest absolute Gasteiger partial charge is 0.417 e. The van der Waals surface area contributed by atoms with Gasteiger partial charge in [0.05, 0.1) is 12.2 Å². The van der Waals surface area contributed by atoms with Crippen LogP contribution in [0.2, 0.25) is 0 Å². The molecule has 2 unspecified atom stereocenters. The Bertz CT molecular complexity index is 884. The number of halogens is 3. The van der Waals surface area contributed by atoms with Gasteiger partial charge in [-0.1, -0.05) is 0 Å². The molecule has 2 heterocycles. The minimum Gasteiger partial charge on any atom is -0.423 e. The fraction of sp³-hybridized carbons (Fsp3) is 0.438. The molecule has 0 amide bonds. The van der Waals surface area contributed by atoms with Crippen molar-refractivity contribution in [1.82, 2.24) is 0 Å². The van der Waals surface area contributed by atoms with Crippen molar-refractivity contribution in [1.29, 1.82) is 0 Å². The number of aliphatic hydroxyl groups excluding tert-OH is 4. The monoisotopic (exact) mass is 390 g/mol. The van der Waals surface area contributed by atoms with E-state index in [0.29, 0.717) is 6.07 Å². The van der Waals surface area contributed by atoms with E-state index in [0.717, 1.165) is 12.1 Å². The molecule has 2 aromatic rings. The molecule has 1 aromatic carbocycles. The van der Waals surface area contributed by atoms with E-state index in [-0.39, 0.29) is 16.7 Å². The third kappa shape index (κ3) is 3.77. The van der Waals surface area contributed by atoms with Crippen molar-refractivity contribution in [2.75, 3.05) is 11.9 Å². The van der Waals surface area contributed by atoms with Crippen molar-refractivity contribution in [3.05, 3.63) is 40.2 Å². The van der Waals surface area contributed by atoms with Gasteiger partial charge in [-0.15, -0.1) is 0 Å². The lowest BCUT2D eigenvalue weighted by atomic mass is 9.96. The van der Waals surface area contributed by atoms with Crippen molar-refractivity contribution >= 4 is 16.7 Å². The van der Waals surface area contributed by atoms with Crippen LogP contribution in [0.25, 0.3) is 11.0 Å². The van der Waals surface area contributed by atoms with Crippen molar-refractivity contribution in [2.24, 2.45) is 0 Å². The predicted molar refractivity (Wildman–Crippen MR) is 84.9 cm³/mol. The summed E-state index contributed by atoms with van der Waals surface area (Å²) < 4.78 is 49.0. The van der Waals surface area contributed by atoms with E-state index >= 15 is 0 Å². The van der Waals surface area contributed by atoms with Crippen molar-refractivity contribution < 1.29 is 42.8 Å². The number of ether oxygens (including phenoxy) is 1. The molecule has 0 bridgehead atoms. The number of rotatable bonds is 3. The lowest BCUT2D eigenvalue weighted by Crippen LogP contribution is -2.61. The minimum atomic E-state index is -4.75. The molecule has 3 rings (SSSR count). The molecule has 1 fully saturated rings. The maximum absolute atomic E-state index is 13.1. The molecule has 0 aliphatic carbocycles. The standard InChI is InChI=1S/C16H16F3NO7/c17-16(18,19)8-4-11(22)26-9-3-6(1-2-7(8)9)20-12-14(24)13(23)10(5-21)27-15(12)25/h1-4,10,12-15,20-21,23-25H,5H2/t10?,12-,13+,14?,15+/m0/s1/i17-1. The van der Waals surface area contributed by atoms with Gasteiger partial charge in [0.1, 0.15) is 29.9 Å². The first-order valence-corrected chi connectivity index (χ1v) is 7.84. The molecule has 1 saturated heterocycles. The van der Waals surface area contributed by atoms with E-state index in [4.69, 9.17) is 14.3 Å². The maximum atomic E-state index is 13.1. The number of hydrogen-bond acceptors (Lipinski definition) is 8. The average Bonchev–Trinajstić information content (AvgIpc) is 2.60. The number of hydrogen-bond donors (Lipinski definition) is 5. The summed E-state index contributed by atoms with van der Waals surface area (Å²) in [6, 6.07) is 2.48. The molecule has 1 aromatic heterocycles. The lowest BCUT2D eigenvalue weighted by Gasteiger charge is -2.40. The largest absolute Gasteiger partial charge is 0.423 e. The molecule has 5 N–H and O–H groups in total. The molecular weight excluding hydrogens is 374 g/mol. The number of aliphatic hydroxyl groups is 4. The van der Waals surface area contributed by atoms with Gasteiger partial charge in [-0.2, -0.15) is 13.2 Å². The topological polar surface area (TPSA) is 132 Å². The van der Waals surface area contributed by atoms with Crippen LogP contribution in [0.4, 0.5) is 18.9 Å². The Kier molecular flexibility index (Phi) is 5.14. The van der Waals surface area contributed by atoms with Crippen molar-refractivity contribution in [3.63, 3.8) is 0 Å².